The van der Waals surface area contributed by atoms with E-state index in [9.17, 15) is 5.26 Å². The van der Waals surface area contributed by atoms with Gasteiger partial charge in [-0.3, -0.25) is 0 Å². The number of hydrogen-bond donors (Lipinski definition) is 0. The van der Waals surface area contributed by atoms with E-state index < -0.39 is 11.7 Å². The van der Waals surface area contributed by atoms with E-state index in [2.05, 4.69) is 300 Å². The molecule has 0 atom stereocenters. The number of aromatic nitrogens is 6. The van der Waals surface area contributed by atoms with E-state index in [-0.39, 0.29) is 0 Å². The van der Waals surface area contributed by atoms with Crippen molar-refractivity contribution < 1.29 is 13.2 Å². The fraction of sp³-hybridized carbons (Fsp3) is 0.0116. The lowest BCUT2D eigenvalue weighted by Gasteiger charge is -2.20. The Balaban J connectivity index is 0.946. The first-order chi connectivity index (χ1) is 47.2. The van der Waals surface area contributed by atoms with Crippen LogP contribution >= 0.6 is 0 Å². The van der Waals surface area contributed by atoms with E-state index in [0.29, 0.717) is 28.1 Å². The normalized spacial score (nSPS) is 12.3. The molecule has 0 radical (unpaired) electrons. The summed E-state index contributed by atoms with van der Waals surface area (Å²) in [5, 5.41) is 25.3. The van der Waals surface area contributed by atoms with E-state index in [1.54, 1.807) is 6.07 Å². The summed E-state index contributed by atoms with van der Waals surface area (Å²) in [6.45, 7) is 0. The smallest absolute Gasteiger partial charge is 0.309 e. The fourth-order valence-electron chi connectivity index (χ4n) is 16.0. The van der Waals surface area contributed by atoms with Gasteiger partial charge in [0.25, 0.3) is 0 Å². The van der Waals surface area contributed by atoms with Gasteiger partial charge in [-0.05, 0) is 132 Å². The van der Waals surface area contributed by atoms with E-state index in [1.165, 1.54) is 12.1 Å². The zero-order chi connectivity index (χ0) is 63.7. The topological polar surface area (TPSA) is 53.4 Å². The highest BCUT2D eigenvalue weighted by atomic mass is 19.4. The van der Waals surface area contributed by atoms with E-state index in [1.807, 2.05) is 12.1 Å². The fourth-order valence-corrected chi connectivity index (χ4v) is 16.0. The third-order valence-electron chi connectivity index (χ3n) is 20.0. The predicted molar refractivity (Wildman–Crippen MR) is 388 cm³/mol. The van der Waals surface area contributed by atoms with Crippen molar-refractivity contribution in [2.45, 2.75) is 6.18 Å². The molecular weight excluding hydrogens is 1190 g/mol. The lowest BCUT2D eigenvalue weighted by Crippen LogP contribution is -2.07. The van der Waals surface area contributed by atoms with Crippen molar-refractivity contribution in [2.75, 3.05) is 0 Å². The number of para-hydroxylation sites is 8. The summed E-state index contributed by atoms with van der Waals surface area (Å²) in [7, 11) is 0. The van der Waals surface area contributed by atoms with Gasteiger partial charge in [0.1, 0.15) is 11.6 Å². The number of benzene rings is 14. The molecule has 14 aromatic carbocycles. The van der Waals surface area contributed by atoms with Crippen LogP contribution in [0.15, 0.2) is 303 Å². The van der Waals surface area contributed by atoms with Crippen LogP contribution in [-0.2, 0) is 6.18 Å². The average molecular weight is 1240 g/mol. The highest BCUT2D eigenvalue weighted by molar-refractivity contribution is 6.17. The number of rotatable bonds is 7. The molecule has 10 heteroatoms. The molecule has 0 saturated heterocycles. The maximum atomic E-state index is 15.2. The van der Waals surface area contributed by atoms with Gasteiger partial charge in [-0.1, -0.05) is 182 Å². The van der Waals surface area contributed by atoms with Crippen LogP contribution in [0.4, 0.5) is 13.2 Å². The molecule has 0 bridgehead atoms. The molecule has 0 amide bonds. The van der Waals surface area contributed by atoms with Gasteiger partial charge in [0.2, 0.25) is 0 Å². The molecule has 20 rings (SSSR count). The van der Waals surface area contributed by atoms with Gasteiger partial charge < -0.3 is 27.4 Å². The van der Waals surface area contributed by atoms with Crippen LogP contribution < -0.4 is 0 Å². The van der Waals surface area contributed by atoms with Crippen LogP contribution in [0.2, 0.25) is 0 Å². The molecule has 0 saturated carbocycles. The Morgan fingerprint density at radius 3 is 0.729 bits per heavy atom. The highest BCUT2D eigenvalue weighted by Gasteiger charge is 2.32. The molecule has 20 aromatic rings. The summed E-state index contributed by atoms with van der Waals surface area (Å²) >= 11 is 0. The van der Waals surface area contributed by atoms with Crippen LogP contribution in [0.1, 0.15) is 11.1 Å². The van der Waals surface area contributed by atoms with Crippen molar-refractivity contribution in [1.29, 1.82) is 5.26 Å². The molecule has 96 heavy (non-hydrogen) atoms. The van der Waals surface area contributed by atoms with Crippen molar-refractivity contribution >= 4 is 131 Å². The summed E-state index contributed by atoms with van der Waals surface area (Å²) in [6, 6.07) is 106. The minimum atomic E-state index is -4.65. The van der Waals surface area contributed by atoms with Gasteiger partial charge in [-0.2, -0.15) is 18.4 Å². The van der Waals surface area contributed by atoms with E-state index in [0.717, 1.165) is 160 Å². The van der Waals surface area contributed by atoms with Gasteiger partial charge >= 0.3 is 6.18 Å². The molecule has 450 valence electrons. The zero-order valence-electron chi connectivity index (χ0n) is 51.1. The summed E-state index contributed by atoms with van der Waals surface area (Å²) < 4.78 is 59.3. The molecule has 0 N–H and O–H groups in total. The Bertz CT molecular complexity index is 5870. The number of nitriles is 1. The van der Waals surface area contributed by atoms with Gasteiger partial charge in [-0.15, -0.1) is 0 Å². The second-order valence-corrected chi connectivity index (χ2v) is 25.0. The van der Waals surface area contributed by atoms with Crippen LogP contribution in [0, 0.1) is 11.3 Å². The Hall–Kier alpha value is -12.8. The van der Waals surface area contributed by atoms with Gasteiger partial charge in [0.05, 0.1) is 83.1 Å². The molecule has 0 aliphatic carbocycles. The molecule has 0 aliphatic rings. The Morgan fingerprint density at radius 2 is 0.479 bits per heavy atom. The third kappa shape index (κ3) is 7.65. The first-order valence-corrected chi connectivity index (χ1v) is 32.1. The van der Waals surface area contributed by atoms with Crippen LogP contribution in [-0.4, -0.2) is 27.4 Å². The van der Waals surface area contributed by atoms with E-state index >= 15 is 13.2 Å². The lowest BCUT2D eigenvalue weighted by atomic mass is 9.98. The number of alkyl halides is 3. The van der Waals surface area contributed by atoms with Crippen LogP contribution in [0.5, 0.6) is 0 Å². The predicted octanol–water partition coefficient (Wildman–Crippen LogP) is 22.8. The summed E-state index contributed by atoms with van der Waals surface area (Å²) in [5.74, 6) is 0. The molecule has 0 fully saturated rings. The van der Waals surface area contributed by atoms with Crippen molar-refractivity contribution in [2.24, 2.45) is 0 Å². The Morgan fingerprint density at radius 1 is 0.229 bits per heavy atom. The minimum Gasteiger partial charge on any atom is -0.309 e. The second-order valence-electron chi connectivity index (χ2n) is 25.0. The largest absolute Gasteiger partial charge is 0.416 e. The van der Waals surface area contributed by atoms with Crippen molar-refractivity contribution in [1.82, 2.24) is 27.4 Å². The van der Waals surface area contributed by atoms with E-state index in [4.69, 9.17) is 0 Å². The summed E-state index contributed by atoms with van der Waals surface area (Å²) in [6.07, 6.45) is -4.65. The summed E-state index contributed by atoms with van der Waals surface area (Å²) in [5.41, 5.74) is 16.4. The first kappa shape index (κ1) is 53.8. The second kappa shape index (κ2) is 20.1. The summed E-state index contributed by atoms with van der Waals surface area (Å²) in [4.78, 5) is 0. The monoisotopic (exact) mass is 1240 g/mol. The molecular formula is C86H50F3N7. The highest BCUT2D eigenvalue weighted by Crippen LogP contribution is 2.46. The Labute approximate surface area is 545 Å². The maximum absolute atomic E-state index is 15.2. The third-order valence-corrected chi connectivity index (χ3v) is 20.0. The molecule has 0 unspecified atom stereocenters. The van der Waals surface area contributed by atoms with Gasteiger partial charge in [-0.25, -0.2) is 0 Å². The number of fused-ring (bicyclic) bond motifs is 18. The maximum Gasteiger partial charge on any atom is 0.416 e. The van der Waals surface area contributed by atoms with Crippen molar-refractivity contribution in [3.63, 3.8) is 0 Å². The number of nitrogens with zero attached hydrogens (tertiary/aromatic N) is 7. The molecule has 0 aliphatic heterocycles. The minimum absolute atomic E-state index is 0.317. The molecule has 0 spiro atoms. The number of hydrogen-bond acceptors (Lipinski definition) is 1. The van der Waals surface area contributed by atoms with Crippen LogP contribution in [0.25, 0.3) is 176 Å². The quantitative estimate of drug-likeness (QED) is 0.157. The van der Waals surface area contributed by atoms with Gasteiger partial charge in [0, 0.05) is 87.4 Å². The first-order valence-electron chi connectivity index (χ1n) is 32.1. The SMILES string of the molecule is N#Cc1c(-n2c3cc(-n4c5ccccc5c5ccccc54)ccc3c3ccc(-n4c5ccccc5c5ccccc54)cc32)cc(-c2cccc(C(F)(F)F)c2)cc1-n1c2cc(-n3c4ccccc4c4ccccc43)ccc2c2ccc(-n3c4ccccc4c4ccccc43)cc21. The standard InChI is InChI=1S/C86H50F3N7/c87-86(88,89)54-19-17-18-52(44-54)53-45-80(95-82-47-55(91-72-28-9-1-20-59(72)60-21-2-10-29-73(60)91)36-40-67(82)68-41-37-56(48-83(68)95)92-74-30-11-3-22-61(74)62-23-4-12-31-75(62)92)71(51-90)81(46-53)96-84-49-57(93-76-32-13-5-24-63(76)64-25-6-14-33-77(64)93)38-42-69(84)70-43-39-58(50-85(70)96)94-78-34-15-7-26-65(78)66-27-8-16-35-79(66)94/h1-50H. The Kier molecular flexibility index (Phi) is 11.3. The molecule has 6 heterocycles. The molecule has 6 aromatic heterocycles. The van der Waals surface area contributed by atoms with Crippen molar-refractivity contribution in [3.05, 3.63) is 314 Å². The zero-order valence-corrected chi connectivity index (χ0v) is 51.1. The number of halogens is 3. The van der Waals surface area contributed by atoms with Gasteiger partial charge in [0.15, 0.2) is 0 Å². The van der Waals surface area contributed by atoms with Crippen molar-refractivity contribution in [3.8, 4) is 51.3 Å². The lowest BCUT2D eigenvalue weighted by molar-refractivity contribution is -0.137. The van der Waals surface area contributed by atoms with Crippen LogP contribution in [0.3, 0.4) is 0 Å². The molecule has 7 nitrogen and oxygen atoms in total. The average Bonchev–Trinajstić information content (AvgIpc) is 1.55.